The number of rotatable bonds is 5. The summed E-state index contributed by atoms with van der Waals surface area (Å²) in [5, 5.41) is 20.0. The fourth-order valence-electron chi connectivity index (χ4n) is 4.78. The van der Waals surface area contributed by atoms with Crippen LogP contribution in [0.1, 0.15) is 37.3 Å². The van der Waals surface area contributed by atoms with Crippen molar-refractivity contribution in [2.45, 2.75) is 45.1 Å². The average Bonchev–Trinajstić information content (AvgIpc) is 2.56. The molecular formula is C17H27NO6P+. The van der Waals surface area contributed by atoms with E-state index in [4.69, 9.17) is 14.3 Å². The van der Waals surface area contributed by atoms with Gasteiger partial charge in [0.15, 0.2) is 18.2 Å². The number of phosphoric ester groups is 1. The van der Waals surface area contributed by atoms with Gasteiger partial charge in [0.25, 0.3) is 0 Å². The van der Waals surface area contributed by atoms with Crippen molar-refractivity contribution in [2.75, 3.05) is 19.8 Å². The van der Waals surface area contributed by atoms with Gasteiger partial charge < -0.3 is 20.0 Å². The van der Waals surface area contributed by atoms with Crippen LogP contribution in [0.5, 0.6) is 11.5 Å². The lowest BCUT2D eigenvalue weighted by molar-refractivity contribution is -0.973. The van der Waals surface area contributed by atoms with Crippen LogP contribution in [0.4, 0.5) is 0 Å². The van der Waals surface area contributed by atoms with E-state index in [9.17, 15) is 14.8 Å². The molecule has 25 heavy (non-hydrogen) atoms. The average molecular weight is 372 g/mol. The summed E-state index contributed by atoms with van der Waals surface area (Å²) < 4.78 is 16.8. The van der Waals surface area contributed by atoms with E-state index in [0.717, 1.165) is 49.9 Å². The Hall–Kier alpha value is -1.11. The Labute approximate surface area is 147 Å². The number of phenolic OH excluding ortho intramolecular Hbond substituents is 2. The number of benzene rings is 1. The molecule has 1 aromatic rings. The van der Waals surface area contributed by atoms with Crippen molar-refractivity contribution in [1.29, 1.82) is 0 Å². The van der Waals surface area contributed by atoms with Crippen molar-refractivity contribution in [2.24, 2.45) is 5.92 Å². The molecule has 0 amide bonds. The molecule has 1 saturated heterocycles. The highest BCUT2D eigenvalue weighted by Gasteiger charge is 2.48. The molecule has 4 N–H and O–H groups in total. The lowest BCUT2D eigenvalue weighted by Gasteiger charge is -2.52. The number of likely N-dealkylation sites (tertiary alicyclic amines) is 1. The van der Waals surface area contributed by atoms with E-state index >= 15 is 0 Å². The van der Waals surface area contributed by atoms with Crippen LogP contribution in [0.25, 0.3) is 0 Å². The molecule has 0 aromatic heterocycles. The van der Waals surface area contributed by atoms with E-state index in [1.54, 1.807) is 0 Å². The predicted octanol–water partition coefficient (Wildman–Crippen LogP) is 2.27. The van der Waals surface area contributed by atoms with E-state index in [1.807, 2.05) is 6.07 Å². The van der Waals surface area contributed by atoms with E-state index < -0.39 is 7.82 Å². The van der Waals surface area contributed by atoms with Crippen molar-refractivity contribution in [3.63, 3.8) is 0 Å². The Bertz CT molecular complexity index is 686. The third-order valence-corrected chi connectivity index (χ3v) is 6.28. The summed E-state index contributed by atoms with van der Waals surface area (Å²) in [7, 11) is -4.51. The maximum Gasteiger partial charge on any atom is 0.474 e. The molecule has 0 bridgehead atoms. The molecule has 1 aliphatic carbocycles. The van der Waals surface area contributed by atoms with E-state index in [1.165, 1.54) is 6.07 Å². The van der Waals surface area contributed by atoms with Gasteiger partial charge in [0.05, 0.1) is 19.1 Å². The van der Waals surface area contributed by atoms with Crippen molar-refractivity contribution in [3.8, 4) is 11.5 Å². The number of piperidine rings is 1. The molecule has 140 valence electrons. The molecule has 1 aliphatic heterocycles. The highest BCUT2D eigenvalue weighted by Crippen LogP contribution is 2.45. The summed E-state index contributed by atoms with van der Waals surface area (Å²) in [6.07, 6.45) is 4.28. The highest BCUT2D eigenvalue weighted by atomic mass is 31.2. The molecule has 7 nitrogen and oxygen atoms in total. The van der Waals surface area contributed by atoms with E-state index in [0.29, 0.717) is 16.8 Å². The first-order valence-electron chi connectivity index (χ1n) is 8.84. The molecule has 1 aromatic carbocycles. The number of hydrogen-bond acceptors (Lipinski definition) is 4. The minimum atomic E-state index is -4.51. The minimum absolute atomic E-state index is 0.0126. The second-order valence-corrected chi connectivity index (χ2v) is 8.60. The van der Waals surface area contributed by atoms with Crippen LogP contribution in [0.3, 0.4) is 0 Å². The molecule has 2 aliphatic rings. The van der Waals surface area contributed by atoms with Crippen LogP contribution < -0.4 is 0 Å². The van der Waals surface area contributed by atoms with Gasteiger partial charge in [0, 0.05) is 17.9 Å². The summed E-state index contributed by atoms with van der Waals surface area (Å²) in [5.74, 6) is 0.189. The van der Waals surface area contributed by atoms with Crippen LogP contribution in [0.2, 0.25) is 0 Å². The first-order valence-corrected chi connectivity index (χ1v) is 10.4. The van der Waals surface area contributed by atoms with Gasteiger partial charge in [-0.3, -0.25) is 4.48 Å². The zero-order valence-corrected chi connectivity index (χ0v) is 15.4. The van der Waals surface area contributed by atoms with Gasteiger partial charge in [-0.15, -0.1) is 0 Å². The van der Waals surface area contributed by atoms with Crippen molar-refractivity contribution >= 4 is 7.82 Å². The van der Waals surface area contributed by atoms with Gasteiger partial charge in [-0.2, -0.15) is 0 Å². The van der Waals surface area contributed by atoms with Gasteiger partial charge in [-0.25, -0.2) is 9.09 Å². The van der Waals surface area contributed by atoms with E-state index in [2.05, 4.69) is 6.92 Å². The zero-order valence-electron chi connectivity index (χ0n) is 14.5. The first kappa shape index (κ1) is 18.7. The number of quaternary nitrogens is 1. The second-order valence-electron chi connectivity index (χ2n) is 7.36. The molecule has 0 saturated carbocycles. The smallest absolute Gasteiger partial charge is 0.474 e. The Kier molecular flexibility index (Phi) is 5.15. The van der Waals surface area contributed by atoms with Crippen molar-refractivity contribution in [3.05, 3.63) is 23.3 Å². The molecule has 1 unspecified atom stereocenters. The van der Waals surface area contributed by atoms with Gasteiger partial charge >= 0.3 is 7.82 Å². The fourth-order valence-corrected chi connectivity index (χ4v) is 5.16. The number of nitrogens with zero attached hydrogens (tertiary/aromatic N) is 1. The molecule has 3 rings (SSSR count). The Balaban J connectivity index is 1.93. The first-order chi connectivity index (χ1) is 11.8. The van der Waals surface area contributed by atoms with Gasteiger partial charge in [-0.05, 0) is 37.3 Å². The number of phenols is 2. The molecule has 8 heteroatoms. The maximum atomic E-state index is 11.3. The summed E-state index contributed by atoms with van der Waals surface area (Å²) in [4.78, 5) is 18.3. The summed E-state index contributed by atoms with van der Waals surface area (Å²) in [5.41, 5.74) is 1.82. The van der Waals surface area contributed by atoms with Crippen LogP contribution in [-0.2, 0) is 21.9 Å². The molecular weight excluding hydrogens is 345 g/mol. The van der Waals surface area contributed by atoms with Crippen LogP contribution in [0, 0.1) is 5.92 Å². The van der Waals surface area contributed by atoms with Gasteiger partial charge in [0.1, 0.15) is 0 Å². The topological polar surface area (TPSA) is 107 Å². The number of hydrogen-bond donors (Lipinski definition) is 4. The van der Waals surface area contributed by atoms with Crippen LogP contribution in [0.15, 0.2) is 12.1 Å². The summed E-state index contributed by atoms with van der Waals surface area (Å²) in [6, 6.07) is 3.56. The monoisotopic (exact) mass is 372 g/mol. The van der Waals surface area contributed by atoms with Crippen LogP contribution >= 0.6 is 7.82 Å². The third-order valence-electron chi connectivity index (χ3n) is 5.83. The SMILES string of the molecule is CCC[N@+]1(COP(=O)(O)O)CCC[C@@H]2Cc3c(ccc(O)c3O)CC21. The van der Waals surface area contributed by atoms with Crippen molar-refractivity contribution < 1.29 is 33.6 Å². The Morgan fingerprint density at radius 1 is 1.28 bits per heavy atom. The predicted molar refractivity (Wildman–Crippen MR) is 92.0 cm³/mol. The lowest BCUT2D eigenvalue weighted by atomic mass is 9.73. The largest absolute Gasteiger partial charge is 0.504 e. The molecule has 1 heterocycles. The minimum Gasteiger partial charge on any atom is -0.504 e. The number of fused-ring (bicyclic) bond motifs is 2. The molecule has 3 atom stereocenters. The molecule has 1 fully saturated rings. The number of phosphoric acid groups is 1. The standard InChI is InChI=1S/C17H26NO6P/c1-2-7-18(11-24-25(21,22)23)8-3-4-13-9-14-12(10-15(13)18)5-6-16(19)17(14)20/h5-6,13,15H,2-4,7-11H2,1H3,(H3-,19,20,21,22,23)/p+1/t13-,15?,18-/m1/s1. The Morgan fingerprint density at radius 3 is 2.72 bits per heavy atom. The lowest BCUT2D eigenvalue weighted by Crippen LogP contribution is -2.64. The second kappa shape index (κ2) is 6.89. The Morgan fingerprint density at radius 2 is 2.04 bits per heavy atom. The third kappa shape index (κ3) is 3.71. The van der Waals surface area contributed by atoms with Crippen LogP contribution in [-0.4, -0.2) is 50.3 Å². The zero-order chi connectivity index (χ0) is 18.2. The van der Waals surface area contributed by atoms with Gasteiger partial charge in [-0.1, -0.05) is 13.0 Å². The molecule has 0 spiro atoms. The quantitative estimate of drug-likeness (QED) is 0.359. The van der Waals surface area contributed by atoms with Gasteiger partial charge in [0.2, 0.25) is 0 Å². The summed E-state index contributed by atoms with van der Waals surface area (Å²) >= 11 is 0. The number of aromatic hydroxyl groups is 2. The van der Waals surface area contributed by atoms with E-state index in [-0.39, 0.29) is 24.3 Å². The maximum absolute atomic E-state index is 11.3. The molecule has 0 radical (unpaired) electrons. The highest BCUT2D eigenvalue weighted by molar-refractivity contribution is 7.46. The summed E-state index contributed by atoms with van der Waals surface area (Å²) in [6.45, 7) is 3.73. The normalized spacial score (nSPS) is 29.1. The fraction of sp³-hybridized carbons (Fsp3) is 0.647. The van der Waals surface area contributed by atoms with Crippen molar-refractivity contribution in [1.82, 2.24) is 0 Å².